The van der Waals surface area contributed by atoms with Gasteiger partial charge in [0.15, 0.2) is 0 Å². The molecule has 88 valence electrons. The minimum atomic E-state index is -0.836. The van der Waals surface area contributed by atoms with E-state index in [0.29, 0.717) is 6.42 Å². The van der Waals surface area contributed by atoms with E-state index < -0.39 is 5.60 Å². The average Bonchev–Trinajstić information content (AvgIpc) is 2.65. The molecule has 1 aromatic carbocycles. The maximum Gasteiger partial charge on any atom is 0.0872 e. The number of benzene rings is 1. The smallest absolute Gasteiger partial charge is 0.0872 e. The van der Waals surface area contributed by atoms with Gasteiger partial charge in [0, 0.05) is 5.75 Å². The molecule has 1 aliphatic heterocycles. The van der Waals surface area contributed by atoms with Crippen LogP contribution in [0, 0.1) is 5.92 Å². The molecule has 1 aliphatic rings. The topological polar surface area (TPSA) is 40.5 Å². The van der Waals surface area contributed by atoms with Gasteiger partial charge in [0.1, 0.15) is 0 Å². The fraction of sp³-hybridized carbons (Fsp3) is 0.538. The second kappa shape index (κ2) is 4.78. The highest BCUT2D eigenvalue weighted by molar-refractivity contribution is 7.99. The van der Waals surface area contributed by atoms with Gasteiger partial charge in [0.25, 0.3) is 0 Å². The van der Waals surface area contributed by atoms with E-state index in [0.717, 1.165) is 17.1 Å². The van der Waals surface area contributed by atoms with Gasteiger partial charge in [-0.1, -0.05) is 30.3 Å². The number of rotatable bonds is 3. The lowest BCUT2D eigenvalue weighted by atomic mass is 9.85. The minimum absolute atomic E-state index is 0.209. The fourth-order valence-electron chi connectivity index (χ4n) is 2.21. The summed E-state index contributed by atoms with van der Waals surface area (Å²) in [6.07, 6.45) is 0.366. The predicted molar refractivity (Wildman–Crippen MR) is 67.5 cm³/mol. The highest BCUT2D eigenvalue weighted by Crippen LogP contribution is 2.35. The molecule has 1 aromatic rings. The SMILES string of the molecule is CC(O)(CC1CSCC1O)c1ccccc1. The van der Waals surface area contributed by atoms with Crippen LogP contribution in [0.25, 0.3) is 0 Å². The van der Waals surface area contributed by atoms with Crippen LogP contribution in [0.15, 0.2) is 30.3 Å². The van der Waals surface area contributed by atoms with Crippen LogP contribution in [0.2, 0.25) is 0 Å². The molecule has 0 aromatic heterocycles. The summed E-state index contributed by atoms with van der Waals surface area (Å²) >= 11 is 1.77. The molecule has 0 saturated carbocycles. The van der Waals surface area contributed by atoms with Crippen LogP contribution in [0.3, 0.4) is 0 Å². The van der Waals surface area contributed by atoms with Crippen LogP contribution < -0.4 is 0 Å². The summed E-state index contributed by atoms with van der Waals surface area (Å²) in [4.78, 5) is 0. The minimum Gasteiger partial charge on any atom is -0.392 e. The summed E-state index contributed by atoms with van der Waals surface area (Å²) in [5.74, 6) is 1.96. The van der Waals surface area contributed by atoms with E-state index in [-0.39, 0.29) is 12.0 Å². The lowest BCUT2D eigenvalue weighted by molar-refractivity contribution is 0.0111. The van der Waals surface area contributed by atoms with Gasteiger partial charge >= 0.3 is 0 Å². The normalized spacial score (nSPS) is 28.9. The molecule has 0 radical (unpaired) electrons. The summed E-state index contributed by atoms with van der Waals surface area (Å²) in [5.41, 5.74) is 0.0942. The van der Waals surface area contributed by atoms with E-state index in [1.54, 1.807) is 11.8 Å². The van der Waals surface area contributed by atoms with Crippen molar-refractivity contribution in [3.63, 3.8) is 0 Å². The molecule has 1 heterocycles. The maximum atomic E-state index is 10.4. The second-order valence-electron chi connectivity index (χ2n) is 4.71. The molecule has 2 rings (SSSR count). The summed E-state index contributed by atoms with van der Waals surface area (Å²) < 4.78 is 0. The molecule has 3 unspecified atom stereocenters. The van der Waals surface area contributed by atoms with Crippen LogP contribution in [0.5, 0.6) is 0 Å². The Bertz CT molecular complexity index is 337. The lowest BCUT2D eigenvalue weighted by Gasteiger charge is -2.28. The molecule has 1 fully saturated rings. The lowest BCUT2D eigenvalue weighted by Crippen LogP contribution is -2.30. The van der Waals surface area contributed by atoms with Gasteiger partial charge in [-0.25, -0.2) is 0 Å². The van der Waals surface area contributed by atoms with Crippen molar-refractivity contribution in [2.45, 2.75) is 25.0 Å². The molecule has 2 N–H and O–H groups in total. The average molecular weight is 238 g/mol. The molecule has 1 saturated heterocycles. The zero-order chi connectivity index (χ0) is 11.6. The molecule has 2 nitrogen and oxygen atoms in total. The van der Waals surface area contributed by atoms with Crippen LogP contribution >= 0.6 is 11.8 Å². The first-order chi connectivity index (χ1) is 7.59. The van der Waals surface area contributed by atoms with Crippen molar-refractivity contribution in [1.82, 2.24) is 0 Å². The van der Waals surface area contributed by atoms with E-state index >= 15 is 0 Å². The summed E-state index contributed by atoms with van der Waals surface area (Å²) in [6.45, 7) is 1.83. The molecule has 0 spiro atoms. The Morgan fingerprint density at radius 1 is 1.31 bits per heavy atom. The highest BCUT2D eigenvalue weighted by Gasteiger charge is 2.33. The quantitative estimate of drug-likeness (QED) is 0.846. The van der Waals surface area contributed by atoms with Gasteiger partial charge < -0.3 is 10.2 Å². The summed E-state index contributed by atoms with van der Waals surface area (Å²) in [6, 6.07) is 9.69. The van der Waals surface area contributed by atoms with Gasteiger partial charge in [-0.2, -0.15) is 11.8 Å². The summed E-state index contributed by atoms with van der Waals surface area (Å²) in [7, 11) is 0. The number of thioether (sulfide) groups is 1. The van der Waals surface area contributed by atoms with Crippen molar-refractivity contribution in [1.29, 1.82) is 0 Å². The number of aliphatic hydroxyl groups is 2. The van der Waals surface area contributed by atoms with Crippen molar-refractivity contribution < 1.29 is 10.2 Å². The molecule has 3 atom stereocenters. The van der Waals surface area contributed by atoms with Crippen LogP contribution in [0.1, 0.15) is 18.9 Å². The maximum absolute atomic E-state index is 10.4. The third-order valence-electron chi connectivity index (χ3n) is 3.22. The van der Waals surface area contributed by atoms with Gasteiger partial charge in [-0.3, -0.25) is 0 Å². The van der Waals surface area contributed by atoms with Crippen LogP contribution in [-0.4, -0.2) is 27.8 Å². The van der Waals surface area contributed by atoms with E-state index in [2.05, 4.69) is 0 Å². The van der Waals surface area contributed by atoms with Crippen molar-refractivity contribution in [3.05, 3.63) is 35.9 Å². The highest BCUT2D eigenvalue weighted by atomic mass is 32.2. The van der Waals surface area contributed by atoms with E-state index in [1.807, 2.05) is 37.3 Å². The Morgan fingerprint density at radius 3 is 2.56 bits per heavy atom. The number of hydrogen-bond acceptors (Lipinski definition) is 3. The fourth-order valence-corrected chi connectivity index (χ4v) is 3.50. The Kier molecular flexibility index (Phi) is 3.57. The van der Waals surface area contributed by atoms with Crippen LogP contribution in [-0.2, 0) is 5.60 Å². The molecule has 0 aliphatic carbocycles. The first-order valence-corrected chi connectivity index (χ1v) is 6.79. The molecule has 0 bridgehead atoms. The Labute approximate surface area is 101 Å². The number of hydrogen-bond donors (Lipinski definition) is 2. The van der Waals surface area contributed by atoms with E-state index in [4.69, 9.17) is 0 Å². The Balaban J connectivity index is 2.08. The van der Waals surface area contributed by atoms with Crippen molar-refractivity contribution in [2.75, 3.05) is 11.5 Å². The van der Waals surface area contributed by atoms with Gasteiger partial charge in [-0.15, -0.1) is 0 Å². The van der Waals surface area contributed by atoms with Gasteiger partial charge in [0.05, 0.1) is 11.7 Å². The zero-order valence-corrected chi connectivity index (χ0v) is 10.3. The third-order valence-corrected chi connectivity index (χ3v) is 4.46. The standard InChI is InChI=1S/C13H18O2S/c1-13(15,11-5-3-2-4-6-11)7-10-8-16-9-12(10)14/h2-6,10,12,14-15H,7-9H2,1H3. The van der Waals surface area contributed by atoms with E-state index in [9.17, 15) is 10.2 Å². The predicted octanol–water partition coefficient (Wildman–Crippen LogP) is 2.01. The van der Waals surface area contributed by atoms with Gasteiger partial charge in [-0.05, 0) is 30.6 Å². The molecule has 16 heavy (non-hydrogen) atoms. The number of aliphatic hydroxyl groups excluding tert-OH is 1. The molecular formula is C13H18O2S. The third kappa shape index (κ3) is 2.59. The summed E-state index contributed by atoms with van der Waals surface area (Å²) in [5, 5.41) is 20.2. The van der Waals surface area contributed by atoms with Crippen molar-refractivity contribution in [2.24, 2.45) is 5.92 Å². The molecule has 0 amide bonds. The van der Waals surface area contributed by atoms with E-state index in [1.165, 1.54) is 0 Å². The monoisotopic (exact) mass is 238 g/mol. The first kappa shape index (κ1) is 12.0. The van der Waals surface area contributed by atoms with Crippen molar-refractivity contribution in [3.8, 4) is 0 Å². The molecular weight excluding hydrogens is 220 g/mol. The molecule has 3 heteroatoms. The largest absolute Gasteiger partial charge is 0.392 e. The second-order valence-corrected chi connectivity index (χ2v) is 5.78. The Hall–Kier alpha value is -0.510. The van der Waals surface area contributed by atoms with Crippen molar-refractivity contribution >= 4 is 11.8 Å². The van der Waals surface area contributed by atoms with Crippen LogP contribution in [0.4, 0.5) is 0 Å². The first-order valence-electron chi connectivity index (χ1n) is 5.63. The van der Waals surface area contributed by atoms with Gasteiger partial charge in [0.2, 0.25) is 0 Å². The zero-order valence-electron chi connectivity index (χ0n) is 9.47. The Morgan fingerprint density at radius 2 is 2.00 bits per heavy atom.